The molecule has 0 aliphatic heterocycles. The zero-order chi connectivity index (χ0) is 17.2. The molecule has 0 bridgehead atoms. The van der Waals surface area contributed by atoms with Gasteiger partial charge in [0, 0.05) is 11.3 Å². The minimum absolute atomic E-state index is 0.0715. The monoisotopic (exact) mass is 332 g/mol. The molecular formula is C17H20N2O3S. The summed E-state index contributed by atoms with van der Waals surface area (Å²) in [5.74, 6) is 0.0322. The number of rotatable bonds is 4. The van der Waals surface area contributed by atoms with Crippen LogP contribution in [0.3, 0.4) is 0 Å². The second kappa shape index (κ2) is 6.52. The van der Waals surface area contributed by atoms with Crippen LogP contribution in [-0.2, 0) is 10.0 Å². The number of hydrogen-bond acceptors (Lipinski definition) is 3. The predicted octanol–water partition coefficient (Wildman–Crippen LogP) is 3.02. The molecule has 0 radical (unpaired) electrons. The molecule has 0 spiro atoms. The van der Waals surface area contributed by atoms with Crippen molar-refractivity contribution < 1.29 is 13.2 Å². The van der Waals surface area contributed by atoms with E-state index in [9.17, 15) is 13.2 Å². The molecular weight excluding hydrogens is 312 g/mol. The van der Waals surface area contributed by atoms with Crippen LogP contribution in [0.1, 0.15) is 41.3 Å². The maximum absolute atomic E-state index is 12.3. The van der Waals surface area contributed by atoms with Crippen LogP contribution >= 0.6 is 0 Å². The molecule has 23 heavy (non-hydrogen) atoms. The van der Waals surface area contributed by atoms with E-state index >= 15 is 0 Å². The van der Waals surface area contributed by atoms with E-state index in [4.69, 9.17) is 5.14 Å². The van der Waals surface area contributed by atoms with Gasteiger partial charge in [0.25, 0.3) is 5.91 Å². The highest BCUT2D eigenvalue weighted by atomic mass is 32.2. The summed E-state index contributed by atoms with van der Waals surface area (Å²) in [5.41, 5.74) is 2.73. The SMILES string of the molecule is Cc1cc(C(=O)Nc2ccc(C(C)C)cc2)cc(S(N)(=O)=O)c1. The average molecular weight is 332 g/mol. The van der Waals surface area contributed by atoms with Gasteiger partial charge in [-0.2, -0.15) is 0 Å². The fourth-order valence-corrected chi connectivity index (χ4v) is 2.84. The molecule has 0 unspecified atom stereocenters. The molecule has 5 nitrogen and oxygen atoms in total. The number of anilines is 1. The Balaban J connectivity index is 2.25. The van der Waals surface area contributed by atoms with Crippen molar-refractivity contribution in [2.45, 2.75) is 31.6 Å². The van der Waals surface area contributed by atoms with E-state index in [0.29, 0.717) is 17.2 Å². The van der Waals surface area contributed by atoms with Crippen molar-refractivity contribution in [1.82, 2.24) is 0 Å². The van der Waals surface area contributed by atoms with Gasteiger partial charge in [-0.3, -0.25) is 4.79 Å². The summed E-state index contributed by atoms with van der Waals surface area (Å²) in [6.07, 6.45) is 0. The lowest BCUT2D eigenvalue weighted by Gasteiger charge is -2.10. The van der Waals surface area contributed by atoms with Crippen LogP contribution in [0.5, 0.6) is 0 Å². The predicted molar refractivity (Wildman–Crippen MR) is 91.0 cm³/mol. The van der Waals surface area contributed by atoms with E-state index in [2.05, 4.69) is 19.2 Å². The topological polar surface area (TPSA) is 89.3 Å². The molecule has 2 aromatic carbocycles. The number of nitrogens with two attached hydrogens (primary N) is 1. The Hall–Kier alpha value is -2.18. The smallest absolute Gasteiger partial charge is 0.255 e. The summed E-state index contributed by atoms with van der Waals surface area (Å²) in [5, 5.41) is 7.89. The molecule has 2 aromatic rings. The van der Waals surface area contributed by atoms with Crippen LogP contribution in [0, 0.1) is 6.92 Å². The standard InChI is InChI=1S/C17H20N2O3S/c1-11(2)13-4-6-15(7-5-13)19-17(20)14-8-12(3)9-16(10-14)23(18,21)22/h4-11H,1-3H3,(H,19,20)(H2,18,21,22). The van der Waals surface area contributed by atoms with Crippen LogP contribution in [0.25, 0.3) is 0 Å². The van der Waals surface area contributed by atoms with E-state index < -0.39 is 10.0 Å². The fourth-order valence-electron chi connectivity index (χ4n) is 2.20. The van der Waals surface area contributed by atoms with Crippen molar-refractivity contribution in [1.29, 1.82) is 0 Å². The number of hydrogen-bond donors (Lipinski definition) is 2. The number of carbonyl (C=O) groups excluding carboxylic acids is 1. The van der Waals surface area contributed by atoms with Gasteiger partial charge in [0.2, 0.25) is 10.0 Å². The minimum Gasteiger partial charge on any atom is -0.322 e. The van der Waals surface area contributed by atoms with Gasteiger partial charge in [-0.1, -0.05) is 26.0 Å². The maximum Gasteiger partial charge on any atom is 0.255 e. The first-order chi connectivity index (χ1) is 10.7. The summed E-state index contributed by atoms with van der Waals surface area (Å²) < 4.78 is 22.9. The normalized spacial score (nSPS) is 11.5. The number of sulfonamides is 1. The Morgan fingerprint density at radius 1 is 1.09 bits per heavy atom. The second-order valence-electron chi connectivity index (χ2n) is 5.81. The van der Waals surface area contributed by atoms with Crippen LogP contribution in [-0.4, -0.2) is 14.3 Å². The molecule has 122 valence electrons. The molecule has 6 heteroatoms. The second-order valence-corrected chi connectivity index (χ2v) is 7.37. The van der Waals surface area contributed by atoms with Crippen molar-refractivity contribution in [3.05, 3.63) is 59.2 Å². The summed E-state index contributed by atoms with van der Waals surface area (Å²) in [7, 11) is -3.85. The van der Waals surface area contributed by atoms with Gasteiger partial charge in [-0.25, -0.2) is 13.6 Å². The Morgan fingerprint density at radius 3 is 2.22 bits per heavy atom. The van der Waals surface area contributed by atoms with Gasteiger partial charge in [0.05, 0.1) is 4.90 Å². The number of aryl methyl sites for hydroxylation is 1. The zero-order valence-corrected chi connectivity index (χ0v) is 14.1. The van der Waals surface area contributed by atoms with Gasteiger partial charge >= 0.3 is 0 Å². The molecule has 3 N–H and O–H groups in total. The van der Waals surface area contributed by atoms with E-state index in [1.807, 2.05) is 24.3 Å². The van der Waals surface area contributed by atoms with Crippen LogP contribution in [0.15, 0.2) is 47.4 Å². The fraction of sp³-hybridized carbons (Fsp3) is 0.235. The summed E-state index contributed by atoms with van der Waals surface area (Å²) in [6.45, 7) is 5.90. The average Bonchev–Trinajstić information content (AvgIpc) is 2.46. The summed E-state index contributed by atoms with van der Waals surface area (Å²) >= 11 is 0. The number of nitrogens with one attached hydrogen (secondary N) is 1. The lowest BCUT2D eigenvalue weighted by Crippen LogP contribution is -2.16. The van der Waals surface area contributed by atoms with E-state index in [1.54, 1.807) is 13.0 Å². The Morgan fingerprint density at radius 2 is 1.70 bits per heavy atom. The van der Waals surface area contributed by atoms with E-state index in [0.717, 1.165) is 0 Å². The minimum atomic E-state index is -3.85. The number of primary sulfonamides is 1. The van der Waals surface area contributed by atoms with E-state index in [-0.39, 0.29) is 16.4 Å². The lowest BCUT2D eigenvalue weighted by molar-refractivity contribution is 0.102. The largest absolute Gasteiger partial charge is 0.322 e. The van der Waals surface area contributed by atoms with Crippen molar-refractivity contribution in [2.24, 2.45) is 5.14 Å². The number of benzene rings is 2. The van der Waals surface area contributed by atoms with Crippen LogP contribution < -0.4 is 10.5 Å². The maximum atomic E-state index is 12.3. The highest BCUT2D eigenvalue weighted by Gasteiger charge is 2.14. The number of carbonyl (C=O) groups is 1. The van der Waals surface area contributed by atoms with Gasteiger partial charge in [0.1, 0.15) is 0 Å². The molecule has 1 amide bonds. The van der Waals surface area contributed by atoms with Crippen molar-refractivity contribution in [3.8, 4) is 0 Å². The molecule has 0 saturated carbocycles. The first kappa shape index (κ1) is 17.2. The molecule has 0 saturated heterocycles. The summed E-state index contributed by atoms with van der Waals surface area (Å²) in [6, 6.07) is 11.9. The Bertz CT molecular complexity index is 825. The van der Waals surface area contributed by atoms with Gasteiger partial charge in [-0.05, 0) is 54.3 Å². The third kappa shape index (κ3) is 4.40. The third-order valence-corrected chi connectivity index (χ3v) is 4.37. The van der Waals surface area contributed by atoms with Crippen molar-refractivity contribution in [3.63, 3.8) is 0 Å². The highest BCUT2D eigenvalue weighted by Crippen LogP contribution is 2.19. The molecule has 0 aliphatic carbocycles. The lowest BCUT2D eigenvalue weighted by atomic mass is 10.0. The van der Waals surface area contributed by atoms with Gasteiger partial charge in [0.15, 0.2) is 0 Å². The molecule has 2 rings (SSSR count). The number of amides is 1. The van der Waals surface area contributed by atoms with Crippen LogP contribution in [0.4, 0.5) is 5.69 Å². The molecule has 0 atom stereocenters. The summed E-state index contributed by atoms with van der Waals surface area (Å²) in [4.78, 5) is 12.2. The van der Waals surface area contributed by atoms with Crippen molar-refractivity contribution >= 4 is 21.6 Å². The zero-order valence-electron chi connectivity index (χ0n) is 13.3. The van der Waals surface area contributed by atoms with E-state index in [1.165, 1.54) is 17.7 Å². The molecule has 0 heterocycles. The van der Waals surface area contributed by atoms with Crippen molar-refractivity contribution in [2.75, 3.05) is 5.32 Å². The van der Waals surface area contributed by atoms with Gasteiger partial charge in [-0.15, -0.1) is 0 Å². The third-order valence-electron chi connectivity index (χ3n) is 3.48. The molecule has 0 aliphatic rings. The Kier molecular flexibility index (Phi) is 4.87. The first-order valence-corrected chi connectivity index (χ1v) is 8.77. The van der Waals surface area contributed by atoms with Crippen LogP contribution in [0.2, 0.25) is 0 Å². The highest BCUT2D eigenvalue weighted by molar-refractivity contribution is 7.89. The quantitative estimate of drug-likeness (QED) is 0.902. The first-order valence-electron chi connectivity index (χ1n) is 7.22. The molecule has 0 fully saturated rings. The molecule has 0 aromatic heterocycles. The van der Waals surface area contributed by atoms with Gasteiger partial charge < -0.3 is 5.32 Å². The Labute approximate surface area is 136 Å².